The summed E-state index contributed by atoms with van der Waals surface area (Å²) in [5, 5.41) is 0. The van der Waals surface area contributed by atoms with Crippen LogP contribution >= 0.6 is 12.6 Å². The zero-order valence-electron chi connectivity index (χ0n) is 4.64. The van der Waals surface area contributed by atoms with Crippen LogP contribution in [0.1, 0.15) is 0 Å². The molecule has 0 heterocycles. The van der Waals surface area contributed by atoms with Crippen LogP contribution in [0.2, 0.25) is 0 Å². The molecule has 3 heteroatoms. The van der Waals surface area contributed by atoms with Gasteiger partial charge in [0.15, 0.2) is 0 Å². The van der Waals surface area contributed by atoms with Crippen LogP contribution in [0, 0.1) is 0 Å². The third-order valence-corrected chi connectivity index (χ3v) is 1.19. The van der Waals surface area contributed by atoms with Gasteiger partial charge in [0.2, 0.25) is 0 Å². The number of hydrogen-bond donors (Lipinski definition) is 2. The SMILES string of the molecule is Nc1ccc(S)cc1.[Au]. The normalized spacial score (nSPS) is 8.11. The number of benzene rings is 1. The van der Waals surface area contributed by atoms with Gasteiger partial charge in [0.25, 0.3) is 0 Å². The summed E-state index contributed by atoms with van der Waals surface area (Å²) in [6.45, 7) is 0. The zero-order valence-corrected chi connectivity index (χ0v) is 7.70. The number of anilines is 1. The Morgan fingerprint density at radius 3 is 1.89 bits per heavy atom. The van der Waals surface area contributed by atoms with Gasteiger partial charge in [-0.25, -0.2) is 0 Å². The van der Waals surface area contributed by atoms with E-state index in [9.17, 15) is 0 Å². The molecule has 1 radical (unpaired) electrons. The van der Waals surface area contributed by atoms with Gasteiger partial charge >= 0.3 is 0 Å². The van der Waals surface area contributed by atoms with Gasteiger partial charge in [-0.05, 0) is 24.3 Å². The molecule has 1 rings (SSSR count). The van der Waals surface area contributed by atoms with Crippen molar-refractivity contribution < 1.29 is 22.4 Å². The largest absolute Gasteiger partial charge is 0.399 e. The van der Waals surface area contributed by atoms with E-state index in [1.54, 1.807) is 0 Å². The third kappa shape index (κ3) is 2.96. The molecule has 0 unspecified atom stereocenters. The van der Waals surface area contributed by atoms with Gasteiger partial charge in [-0.1, -0.05) is 0 Å². The fraction of sp³-hybridized carbons (Fsp3) is 0. The zero-order chi connectivity index (χ0) is 5.98. The number of thiol groups is 1. The number of nitrogen functional groups attached to an aromatic ring is 1. The van der Waals surface area contributed by atoms with Gasteiger partial charge < -0.3 is 5.73 Å². The molecule has 53 valence electrons. The number of rotatable bonds is 0. The maximum Gasteiger partial charge on any atom is 0.0314 e. The van der Waals surface area contributed by atoms with E-state index in [-0.39, 0.29) is 22.4 Å². The van der Waals surface area contributed by atoms with Crippen LogP contribution in [0.4, 0.5) is 5.69 Å². The van der Waals surface area contributed by atoms with Crippen molar-refractivity contribution in [3.05, 3.63) is 24.3 Å². The summed E-state index contributed by atoms with van der Waals surface area (Å²) in [5.41, 5.74) is 6.17. The molecule has 1 aromatic carbocycles. The second-order valence-corrected chi connectivity index (χ2v) is 2.11. The first-order chi connectivity index (χ1) is 3.79. The van der Waals surface area contributed by atoms with Crippen LogP contribution < -0.4 is 5.73 Å². The Kier molecular flexibility index (Phi) is 4.06. The molecule has 2 N–H and O–H groups in total. The van der Waals surface area contributed by atoms with E-state index >= 15 is 0 Å². The maximum atomic E-state index is 5.39. The van der Waals surface area contributed by atoms with Gasteiger partial charge in [-0.15, -0.1) is 12.6 Å². The van der Waals surface area contributed by atoms with E-state index in [1.807, 2.05) is 24.3 Å². The van der Waals surface area contributed by atoms with E-state index in [4.69, 9.17) is 5.73 Å². The predicted octanol–water partition coefficient (Wildman–Crippen LogP) is 1.55. The quantitative estimate of drug-likeness (QED) is 0.423. The number of nitrogens with two attached hydrogens (primary N) is 1. The molecule has 9 heavy (non-hydrogen) atoms. The van der Waals surface area contributed by atoms with Gasteiger partial charge in [0.1, 0.15) is 0 Å². The molecule has 0 saturated heterocycles. The Morgan fingerprint density at radius 1 is 1.11 bits per heavy atom. The molecule has 0 atom stereocenters. The maximum absolute atomic E-state index is 5.39. The van der Waals surface area contributed by atoms with Gasteiger partial charge in [0, 0.05) is 33.0 Å². The Hall–Kier alpha value is 0.110. The molecular weight excluding hydrogens is 315 g/mol. The van der Waals surface area contributed by atoms with Crippen molar-refractivity contribution in [1.82, 2.24) is 0 Å². The standard InChI is InChI=1S/C6H7NS.Au/c7-5-1-3-6(8)4-2-5;/h1-4,8H,7H2;. The third-order valence-electron chi connectivity index (χ3n) is 0.893. The predicted molar refractivity (Wildman–Crippen MR) is 38.1 cm³/mol. The second kappa shape index (κ2) is 4.01. The summed E-state index contributed by atoms with van der Waals surface area (Å²) in [7, 11) is 0. The monoisotopic (exact) mass is 322 g/mol. The van der Waals surface area contributed by atoms with Crippen molar-refractivity contribution in [2.75, 3.05) is 5.73 Å². The second-order valence-electron chi connectivity index (χ2n) is 1.59. The van der Waals surface area contributed by atoms with Crippen molar-refractivity contribution in [2.45, 2.75) is 4.90 Å². The Morgan fingerprint density at radius 2 is 1.56 bits per heavy atom. The van der Waals surface area contributed by atoms with Crippen molar-refractivity contribution in [3.8, 4) is 0 Å². The van der Waals surface area contributed by atoms with Crippen LogP contribution in [-0.4, -0.2) is 0 Å². The summed E-state index contributed by atoms with van der Waals surface area (Å²) in [5.74, 6) is 0. The van der Waals surface area contributed by atoms with Crippen LogP contribution in [-0.2, 0) is 22.4 Å². The molecule has 1 aromatic rings. The fourth-order valence-corrected chi connectivity index (χ4v) is 0.623. The van der Waals surface area contributed by atoms with Crippen LogP contribution in [0.15, 0.2) is 29.2 Å². The van der Waals surface area contributed by atoms with Gasteiger partial charge in [-0.3, -0.25) is 0 Å². The average molecular weight is 322 g/mol. The van der Waals surface area contributed by atoms with Crippen molar-refractivity contribution in [2.24, 2.45) is 0 Å². The van der Waals surface area contributed by atoms with Gasteiger partial charge in [0.05, 0.1) is 0 Å². The first-order valence-corrected chi connectivity index (χ1v) is 2.78. The molecule has 0 amide bonds. The van der Waals surface area contributed by atoms with E-state index in [1.165, 1.54) is 0 Å². The van der Waals surface area contributed by atoms with Crippen LogP contribution in [0.25, 0.3) is 0 Å². The minimum atomic E-state index is 0. The smallest absolute Gasteiger partial charge is 0.0314 e. The Bertz CT molecular complexity index is 152. The van der Waals surface area contributed by atoms with E-state index in [2.05, 4.69) is 12.6 Å². The summed E-state index contributed by atoms with van der Waals surface area (Å²) < 4.78 is 0. The van der Waals surface area contributed by atoms with Gasteiger partial charge in [-0.2, -0.15) is 0 Å². The van der Waals surface area contributed by atoms with E-state index < -0.39 is 0 Å². The fourth-order valence-electron chi connectivity index (χ4n) is 0.474. The molecule has 0 aromatic heterocycles. The van der Waals surface area contributed by atoms with Crippen LogP contribution in [0.3, 0.4) is 0 Å². The molecule has 1 nitrogen and oxygen atoms in total. The molecule has 0 fully saturated rings. The molecule has 0 aliphatic heterocycles. The molecule has 0 bridgehead atoms. The molecule has 0 aliphatic rings. The Labute approximate surface area is 75.6 Å². The summed E-state index contributed by atoms with van der Waals surface area (Å²) in [6, 6.07) is 7.36. The first-order valence-electron chi connectivity index (χ1n) is 2.33. The first kappa shape index (κ1) is 9.11. The minimum Gasteiger partial charge on any atom is -0.399 e. The molecule has 0 spiro atoms. The van der Waals surface area contributed by atoms with Crippen molar-refractivity contribution >= 4 is 18.3 Å². The van der Waals surface area contributed by atoms with Crippen molar-refractivity contribution in [1.29, 1.82) is 0 Å². The average Bonchev–Trinajstić information content (AvgIpc) is 1.77. The summed E-state index contributed by atoms with van der Waals surface area (Å²) in [6.07, 6.45) is 0. The van der Waals surface area contributed by atoms with Crippen LogP contribution in [0.5, 0.6) is 0 Å². The number of hydrogen-bond acceptors (Lipinski definition) is 2. The van der Waals surface area contributed by atoms with E-state index in [0.29, 0.717) is 0 Å². The molecular formula is C6H7AuNS. The topological polar surface area (TPSA) is 26.0 Å². The van der Waals surface area contributed by atoms with E-state index in [0.717, 1.165) is 10.6 Å². The summed E-state index contributed by atoms with van der Waals surface area (Å²) in [4.78, 5) is 0.944. The minimum absolute atomic E-state index is 0. The summed E-state index contributed by atoms with van der Waals surface area (Å²) >= 11 is 4.08. The Balaban J connectivity index is 0.000000640. The molecule has 0 aliphatic carbocycles. The molecule has 0 saturated carbocycles. The van der Waals surface area contributed by atoms with Crippen molar-refractivity contribution in [3.63, 3.8) is 0 Å².